The highest BCUT2D eigenvalue weighted by Crippen LogP contribution is 2.16. The molecule has 0 fully saturated rings. The SMILES string of the molecule is CCCCC/C=C\C/C=C\CCCCCCCCCCCCCCCCCCCCCCCCCC. The second kappa shape index (κ2) is 34.5. The first-order chi connectivity index (χ1) is 17.9. The molecule has 0 aliphatic rings. The molecular formula is C36H70. The van der Waals surface area contributed by atoms with Gasteiger partial charge in [0.25, 0.3) is 0 Å². The molecule has 0 saturated carbocycles. The van der Waals surface area contributed by atoms with E-state index in [0.29, 0.717) is 0 Å². The summed E-state index contributed by atoms with van der Waals surface area (Å²) in [4.78, 5) is 0. The molecule has 0 atom stereocenters. The number of allylic oxidation sites excluding steroid dienone is 4. The van der Waals surface area contributed by atoms with Crippen molar-refractivity contribution in [3.05, 3.63) is 24.3 Å². The highest BCUT2D eigenvalue weighted by atomic mass is 14.0. The van der Waals surface area contributed by atoms with E-state index in [2.05, 4.69) is 38.2 Å². The van der Waals surface area contributed by atoms with Gasteiger partial charge < -0.3 is 0 Å². The van der Waals surface area contributed by atoms with E-state index in [-0.39, 0.29) is 0 Å². The predicted octanol–water partition coefficient (Wildman–Crippen LogP) is 13.8. The summed E-state index contributed by atoms with van der Waals surface area (Å²) >= 11 is 0. The second-order valence-electron chi connectivity index (χ2n) is 11.6. The molecule has 0 radical (unpaired) electrons. The summed E-state index contributed by atoms with van der Waals surface area (Å²) in [6.45, 7) is 4.58. The summed E-state index contributed by atoms with van der Waals surface area (Å²) < 4.78 is 0. The molecule has 36 heavy (non-hydrogen) atoms. The summed E-state index contributed by atoms with van der Waals surface area (Å²) in [5, 5.41) is 0. The lowest BCUT2D eigenvalue weighted by atomic mass is 10.0. The van der Waals surface area contributed by atoms with Crippen molar-refractivity contribution in [3.8, 4) is 0 Å². The molecule has 0 bridgehead atoms. The van der Waals surface area contributed by atoms with Gasteiger partial charge in [0.2, 0.25) is 0 Å². The molecular weight excluding hydrogens is 432 g/mol. The topological polar surface area (TPSA) is 0 Å². The fraction of sp³-hybridized carbons (Fsp3) is 0.889. The van der Waals surface area contributed by atoms with Crippen molar-refractivity contribution in [3.63, 3.8) is 0 Å². The molecule has 0 amide bonds. The summed E-state index contributed by atoms with van der Waals surface area (Å²) in [6.07, 6.45) is 52.4. The van der Waals surface area contributed by atoms with Gasteiger partial charge in [0.05, 0.1) is 0 Å². The third-order valence-corrected chi connectivity index (χ3v) is 7.80. The van der Waals surface area contributed by atoms with Gasteiger partial charge in [-0.3, -0.25) is 0 Å². The zero-order valence-electron chi connectivity index (χ0n) is 25.5. The lowest BCUT2D eigenvalue weighted by Crippen LogP contribution is -1.84. The van der Waals surface area contributed by atoms with Gasteiger partial charge in [0.1, 0.15) is 0 Å². The van der Waals surface area contributed by atoms with Crippen LogP contribution in [-0.4, -0.2) is 0 Å². The van der Waals surface area contributed by atoms with Crippen molar-refractivity contribution in [2.24, 2.45) is 0 Å². The molecule has 0 heterocycles. The van der Waals surface area contributed by atoms with Crippen LogP contribution in [0.4, 0.5) is 0 Å². The Bertz CT molecular complexity index is 418. The quantitative estimate of drug-likeness (QED) is 0.0653. The van der Waals surface area contributed by atoms with Crippen LogP contribution in [0.15, 0.2) is 24.3 Å². The molecule has 0 saturated heterocycles. The maximum Gasteiger partial charge on any atom is -0.0169 e. The largest absolute Gasteiger partial charge is 0.0882 e. The fourth-order valence-corrected chi connectivity index (χ4v) is 5.24. The Balaban J connectivity index is 3.08. The van der Waals surface area contributed by atoms with Crippen molar-refractivity contribution in [2.45, 2.75) is 206 Å². The molecule has 0 aromatic heterocycles. The van der Waals surface area contributed by atoms with Crippen LogP contribution >= 0.6 is 0 Å². The lowest BCUT2D eigenvalue weighted by molar-refractivity contribution is 0.517. The van der Waals surface area contributed by atoms with Gasteiger partial charge in [-0.15, -0.1) is 0 Å². The van der Waals surface area contributed by atoms with Crippen LogP contribution in [0.1, 0.15) is 206 Å². The molecule has 214 valence electrons. The molecule has 0 spiro atoms. The minimum atomic E-state index is 1.13. The minimum absolute atomic E-state index is 1.13. The Kier molecular flexibility index (Phi) is 34.0. The molecule has 0 N–H and O–H groups in total. The van der Waals surface area contributed by atoms with E-state index in [0.717, 1.165) is 6.42 Å². The van der Waals surface area contributed by atoms with Gasteiger partial charge in [-0.2, -0.15) is 0 Å². The van der Waals surface area contributed by atoms with E-state index in [1.165, 1.54) is 186 Å². The van der Waals surface area contributed by atoms with E-state index in [4.69, 9.17) is 0 Å². The molecule has 0 aromatic carbocycles. The van der Waals surface area contributed by atoms with Crippen LogP contribution in [0.5, 0.6) is 0 Å². The number of rotatable bonds is 31. The summed E-state index contributed by atoms with van der Waals surface area (Å²) in [5.74, 6) is 0. The molecule has 0 aliphatic carbocycles. The highest BCUT2D eigenvalue weighted by Gasteiger charge is 1.96. The third kappa shape index (κ3) is 33.5. The van der Waals surface area contributed by atoms with E-state index < -0.39 is 0 Å². The van der Waals surface area contributed by atoms with Gasteiger partial charge in [0, 0.05) is 0 Å². The molecule has 0 nitrogen and oxygen atoms in total. The average Bonchev–Trinajstić information content (AvgIpc) is 2.89. The number of unbranched alkanes of at least 4 members (excludes halogenated alkanes) is 27. The Labute approximate surface area is 230 Å². The molecule has 0 rings (SSSR count). The van der Waals surface area contributed by atoms with Crippen molar-refractivity contribution < 1.29 is 0 Å². The smallest absolute Gasteiger partial charge is 0.0169 e. The summed E-state index contributed by atoms with van der Waals surface area (Å²) in [5.41, 5.74) is 0. The first-order valence-electron chi connectivity index (χ1n) is 17.2. The second-order valence-corrected chi connectivity index (χ2v) is 11.6. The van der Waals surface area contributed by atoms with Gasteiger partial charge in [-0.25, -0.2) is 0 Å². The zero-order valence-corrected chi connectivity index (χ0v) is 25.5. The standard InChI is InChI=1S/C36H70/c1-3-5-7-9-11-13-15-17-19-21-23-25-27-29-31-33-35-36-34-32-30-28-26-24-22-20-18-16-14-12-10-8-6-4-2/h11,13,17,19H,3-10,12,14-16,18,20-36H2,1-2H3/b13-11-,19-17-. The van der Waals surface area contributed by atoms with E-state index >= 15 is 0 Å². The first-order valence-corrected chi connectivity index (χ1v) is 17.2. The van der Waals surface area contributed by atoms with Crippen LogP contribution < -0.4 is 0 Å². The summed E-state index contributed by atoms with van der Waals surface area (Å²) in [7, 11) is 0. The van der Waals surface area contributed by atoms with Crippen molar-refractivity contribution >= 4 is 0 Å². The highest BCUT2D eigenvalue weighted by molar-refractivity contribution is 4.92. The Morgan fingerprint density at radius 3 is 0.778 bits per heavy atom. The summed E-state index contributed by atoms with van der Waals surface area (Å²) in [6, 6.07) is 0. The van der Waals surface area contributed by atoms with Crippen molar-refractivity contribution in [2.75, 3.05) is 0 Å². The minimum Gasteiger partial charge on any atom is -0.0882 e. The van der Waals surface area contributed by atoms with E-state index in [1.807, 2.05) is 0 Å². The average molecular weight is 503 g/mol. The molecule has 0 unspecified atom stereocenters. The third-order valence-electron chi connectivity index (χ3n) is 7.80. The van der Waals surface area contributed by atoms with E-state index in [1.54, 1.807) is 0 Å². The van der Waals surface area contributed by atoms with Gasteiger partial charge in [-0.05, 0) is 32.1 Å². The Morgan fingerprint density at radius 1 is 0.250 bits per heavy atom. The zero-order chi connectivity index (χ0) is 26.0. The van der Waals surface area contributed by atoms with Crippen LogP contribution in [0.25, 0.3) is 0 Å². The first kappa shape index (κ1) is 35.5. The van der Waals surface area contributed by atoms with E-state index in [9.17, 15) is 0 Å². The van der Waals surface area contributed by atoms with Crippen LogP contribution in [0.3, 0.4) is 0 Å². The van der Waals surface area contributed by atoms with Crippen molar-refractivity contribution in [1.82, 2.24) is 0 Å². The lowest BCUT2D eigenvalue weighted by Gasteiger charge is -2.04. The number of hydrogen-bond acceptors (Lipinski definition) is 0. The van der Waals surface area contributed by atoms with Gasteiger partial charge in [-0.1, -0.05) is 199 Å². The van der Waals surface area contributed by atoms with Crippen LogP contribution in [0, 0.1) is 0 Å². The Hall–Kier alpha value is -0.520. The molecule has 0 aliphatic heterocycles. The van der Waals surface area contributed by atoms with Gasteiger partial charge >= 0.3 is 0 Å². The number of hydrogen-bond donors (Lipinski definition) is 0. The van der Waals surface area contributed by atoms with Crippen molar-refractivity contribution in [1.29, 1.82) is 0 Å². The predicted molar refractivity (Wildman–Crippen MR) is 168 cm³/mol. The molecule has 0 aromatic rings. The van der Waals surface area contributed by atoms with Crippen LogP contribution in [0.2, 0.25) is 0 Å². The monoisotopic (exact) mass is 503 g/mol. The maximum absolute atomic E-state index is 2.40. The normalized spacial score (nSPS) is 11.9. The maximum atomic E-state index is 2.40. The Morgan fingerprint density at radius 2 is 0.472 bits per heavy atom. The fourth-order valence-electron chi connectivity index (χ4n) is 5.24. The van der Waals surface area contributed by atoms with Crippen LogP contribution in [-0.2, 0) is 0 Å². The van der Waals surface area contributed by atoms with Gasteiger partial charge in [0.15, 0.2) is 0 Å². The molecule has 0 heteroatoms.